The third-order valence-electron chi connectivity index (χ3n) is 3.01. The number of alkyl halides is 2. The van der Waals surface area contributed by atoms with Gasteiger partial charge in [0.25, 0.3) is 0 Å². The summed E-state index contributed by atoms with van der Waals surface area (Å²) in [5, 5.41) is 2.56. The maximum Gasteiger partial charge on any atom is 0.408 e. The molecular weight excluding hydrogens is 320 g/mol. The van der Waals surface area contributed by atoms with E-state index in [1.807, 2.05) is 0 Å². The number of esters is 1. The maximum atomic E-state index is 14.1. The smallest absolute Gasteiger partial charge is 0.408 e. The highest BCUT2D eigenvalue weighted by atomic mass is 19.3. The van der Waals surface area contributed by atoms with E-state index in [-0.39, 0.29) is 6.61 Å². The van der Waals surface area contributed by atoms with Gasteiger partial charge in [-0.25, -0.2) is 9.59 Å². The number of carbonyl (C=O) groups excluding carboxylic acids is 2. The first kappa shape index (κ1) is 19.9. The van der Waals surface area contributed by atoms with Crippen LogP contribution in [0.5, 0.6) is 0 Å². The molecule has 1 rings (SSSR count). The molecule has 1 atom stereocenters. The Balaban J connectivity index is 2.92. The van der Waals surface area contributed by atoms with E-state index in [9.17, 15) is 18.4 Å². The molecule has 0 radical (unpaired) electrons. The molecule has 0 aromatic heterocycles. The fourth-order valence-corrected chi connectivity index (χ4v) is 1.91. The van der Waals surface area contributed by atoms with Crippen LogP contribution in [0.25, 0.3) is 0 Å². The lowest BCUT2D eigenvalue weighted by Crippen LogP contribution is -2.34. The topological polar surface area (TPSA) is 64.6 Å². The predicted octanol–water partition coefficient (Wildman–Crippen LogP) is 3.93. The Kier molecular flexibility index (Phi) is 6.29. The molecule has 24 heavy (non-hydrogen) atoms. The molecule has 0 aliphatic rings. The lowest BCUT2D eigenvalue weighted by atomic mass is 10.0. The van der Waals surface area contributed by atoms with E-state index >= 15 is 0 Å². The minimum atomic E-state index is -3.75. The average molecular weight is 343 g/mol. The van der Waals surface area contributed by atoms with Gasteiger partial charge < -0.3 is 14.8 Å². The Labute approximate surface area is 140 Å². The first-order chi connectivity index (χ1) is 11.0. The fraction of sp³-hybridized carbons (Fsp3) is 0.529. The van der Waals surface area contributed by atoms with Gasteiger partial charge in [0, 0.05) is 5.56 Å². The van der Waals surface area contributed by atoms with Gasteiger partial charge in [-0.05, 0) is 46.2 Å². The van der Waals surface area contributed by atoms with E-state index in [1.54, 1.807) is 33.8 Å². The molecule has 0 heterocycles. The summed E-state index contributed by atoms with van der Waals surface area (Å²) in [7, 11) is 0. The molecule has 1 aromatic rings. The lowest BCUT2D eigenvalue weighted by Gasteiger charge is -2.22. The second kappa shape index (κ2) is 7.59. The van der Waals surface area contributed by atoms with Gasteiger partial charge >= 0.3 is 18.0 Å². The minimum absolute atomic E-state index is 0.134. The molecule has 7 heteroatoms. The molecule has 0 fully saturated rings. The minimum Gasteiger partial charge on any atom is -0.461 e. The zero-order valence-electron chi connectivity index (χ0n) is 14.5. The Morgan fingerprint density at radius 1 is 1.25 bits per heavy atom. The highest BCUT2D eigenvalue weighted by Gasteiger charge is 2.42. The molecule has 0 aliphatic carbocycles. The van der Waals surface area contributed by atoms with Crippen molar-refractivity contribution in [3.8, 4) is 0 Å². The standard InChI is InChI=1S/C17H23F2NO4/c1-6-23-14(21)17(18,19)13-9-7-8-12(10-13)11(2)20-15(22)24-16(3,4)5/h7-11H,6H2,1-5H3,(H,20,22)/t11-/m1/s1. The van der Waals surface area contributed by atoms with Crippen molar-refractivity contribution in [1.82, 2.24) is 5.32 Å². The van der Waals surface area contributed by atoms with Gasteiger partial charge in [0.15, 0.2) is 0 Å². The fourth-order valence-electron chi connectivity index (χ4n) is 1.91. The third kappa shape index (κ3) is 5.47. The Hall–Kier alpha value is -2.18. The van der Waals surface area contributed by atoms with Gasteiger partial charge in [0.2, 0.25) is 0 Å². The van der Waals surface area contributed by atoms with Crippen molar-refractivity contribution in [2.45, 2.75) is 52.2 Å². The number of nitrogens with one attached hydrogen (secondary N) is 1. The van der Waals surface area contributed by atoms with Crippen LogP contribution in [0.4, 0.5) is 13.6 Å². The van der Waals surface area contributed by atoms with Crippen LogP contribution in [0, 0.1) is 0 Å². The quantitative estimate of drug-likeness (QED) is 0.823. The first-order valence-corrected chi connectivity index (χ1v) is 7.62. The second-order valence-electron chi connectivity index (χ2n) is 6.29. The van der Waals surface area contributed by atoms with Crippen molar-refractivity contribution in [2.24, 2.45) is 0 Å². The molecular formula is C17H23F2NO4. The summed E-state index contributed by atoms with van der Waals surface area (Å²) in [5.74, 6) is -5.35. The van der Waals surface area contributed by atoms with E-state index in [4.69, 9.17) is 4.74 Å². The molecule has 0 bridgehead atoms. The largest absolute Gasteiger partial charge is 0.461 e. The van der Waals surface area contributed by atoms with E-state index in [1.165, 1.54) is 19.1 Å². The van der Waals surface area contributed by atoms with Crippen LogP contribution in [0.2, 0.25) is 0 Å². The van der Waals surface area contributed by atoms with Crippen molar-refractivity contribution < 1.29 is 27.8 Å². The van der Waals surface area contributed by atoms with Gasteiger partial charge in [0.05, 0.1) is 12.6 Å². The SMILES string of the molecule is CCOC(=O)C(F)(F)c1cccc([C@@H](C)NC(=O)OC(C)(C)C)c1. The van der Waals surface area contributed by atoms with Gasteiger partial charge in [-0.15, -0.1) is 0 Å². The summed E-state index contributed by atoms with van der Waals surface area (Å²) < 4.78 is 37.7. The average Bonchev–Trinajstić information content (AvgIpc) is 2.45. The van der Waals surface area contributed by atoms with Crippen LogP contribution in [0.1, 0.15) is 51.8 Å². The Morgan fingerprint density at radius 2 is 1.88 bits per heavy atom. The van der Waals surface area contributed by atoms with E-state index in [2.05, 4.69) is 10.1 Å². The van der Waals surface area contributed by atoms with Gasteiger partial charge in [-0.1, -0.05) is 18.2 Å². The summed E-state index contributed by atoms with van der Waals surface area (Å²) in [6.07, 6.45) is -0.655. The third-order valence-corrected chi connectivity index (χ3v) is 3.01. The van der Waals surface area contributed by atoms with Crippen LogP contribution in [-0.4, -0.2) is 24.3 Å². The summed E-state index contributed by atoms with van der Waals surface area (Å²) >= 11 is 0. The number of benzene rings is 1. The number of carbonyl (C=O) groups is 2. The van der Waals surface area contributed by atoms with Crippen molar-refractivity contribution >= 4 is 12.1 Å². The number of rotatable bonds is 5. The molecule has 0 spiro atoms. The maximum absolute atomic E-state index is 14.1. The molecule has 0 saturated heterocycles. The van der Waals surface area contributed by atoms with Gasteiger partial charge in [-0.2, -0.15) is 8.78 Å². The zero-order valence-corrected chi connectivity index (χ0v) is 14.5. The lowest BCUT2D eigenvalue weighted by molar-refractivity contribution is -0.173. The molecule has 134 valence electrons. The van der Waals surface area contributed by atoms with Crippen molar-refractivity contribution in [2.75, 3.05) is 6.61 Å². The van der Waals surface area contributed by atoms with Crippen LogP contribution in [0.15, 0.2) is 24.3 Å². The summed E-state index contributed by atoms with van der Waals surface area (Å²) in [6.45, 7) is 8.11. The predicted molar refractivity (Wildman–Crippen MR) is 84.8 cm³/mol. The van der Waals surface area contributed by atoms with Crippen molar-refractivity contribution in [3.05, 3.63) is 35.4 Å². The Bertz CT molecular complexity index is 596. The Morgan fingerprint density at radius 3 is 2.42 bits per heavy atom. The summed E-state index contributed by atoms with van der Waals surface area (Å²) in [5.41, 5.74) is -0.735. The number of amides is 1. The van der Waals surface area contributed by atoms with Crippen molar-refractivity contribution in [3.63, 3.8) is 0 Å². The molecule has 0 unspecified atom stereocenters. The molecule has 0 saturated carbocycles. The number of ether oxygens (including phenoxy) is 2. The van der Waals surface area contributed by atoms with Crippen LogP contribution >= 0.6 is 0 Å². The molecule has 1 N–H and O–H groups in total. The van der Waals surface area contributed by atoms with Crippen LogP contribution in [-0.2, 0) is 20.2 Å². The van der Waals surface area contributed by atoms with Gasteiger partial charge in [-0.3, -0.25) is 0 Å². The molecule has 5 nitrogen and oxygen atoms in total. The van der Waals surface area contributed by atoms with E-state index in [0.29, 0.717) is 5.56 Å². The molecule has 1 aromatic carbocycles. The normalized spacial score (nSPS) is 13.1. The van der Waals surface area contributed by atoms with E-state index in [0.717, 1.165) is 6.07 Å². The van der Waals surface area contributed by atoms with Crippen LogP contribution < -0.4 is 5.32 Å². The number of alkyl carbamates (subject to hydrolysis) is 1. The number of hydrogen-bond acceptors (Lipinski definition) is 4. The van der Waals surface area contributed by atoms with Crippen molar-refractivity contribution in [1.29, 1.82) is 0 Å². The van der Waals surface area contributed by atoms with Gasteiger partial charge in [0.1, 0.15) is 5.60 Å². The highest BCUT2D eigenvalue weighted by Crippen LogP contribution is 2.31. The first-order valence-electron chi connectivity index (χ1n) is 7.62. The number of halogens is 2. The van der Waals surface area contributed by atoms with Crippen LogP contribution in [0.3, 0.4) is 0 Å². The zero-order chi connectivity index (χ0) is 18.5. The highest BCUT2D eigenvalue weighted by molar-refractivity contribution is 5.79. The molecule has 0 aliphatic heterocycles. The second-order valence-corrected chi connectivity index (χ2v) is 6.29. The monoisotopic (exact) mass is 343 g/mol. The molecule has 1 amide bonds. The number of hydrogen-bond donors (Lipinski definition) is 1. The summed E-state index contributed by atoms with van der Waals surface area (Å²) in [6, 6.07) is 4.70. The summed E-state index contributed by atoms with van der Waals surface area (Å²) in [4.78, 5) is 23.2. The van der Waals surface area contributed by atoms with E-state index < -0.39 is 35.2 Å².